The van der Waals surface area contributed by atoms with Crippen molar-refractivity contribution < 1.29 is 8.78 Å². The molecule has 0 unspecified atom stereocenters. The van der Waals surface area contributed by atoms with E-state index in [-0.39, 0.29) is 11.6 Å². The van der Waals surface area contributed by atoms with Crippen molar-refractivity contribution >= 4 is 23.5 Å². The largest absolute Gasteiger partial charge is 0.231 e. The summed E-state index contributed by atoms with van der Waals surface area (Å²) in [4.78, 5) is 10.4. The van der Waals surface area contributed by atoms with Crippen LogP contribution < -0.4 is 0 Å². The zero-order chi connectivity index (χ0) is 15.4. The summed E-state index contributed by atoms with van der Waals surface area (Å²) in [5.41, 5.74) is 0. The predicted molar refractivity (Wildman–Crippen MR) is 83.1 cm³/mol. The smallest absolute Gasteiger partial charge is 0.193 e. The van der Waals surface area contributed by atoms with Crippen LogP contribution in [0.1, 0.15) is 0 Å². The molecule has 0 amide bonds. The second-order valence-electron chi connectivity index (χ2n) is 4.29. The summed E-state index contributed by atoms with van der Waals surface area (Å²) >= 11 is 2.79. The minimum absolute atomic E-state index is 0.264. The minimum Gasteiger partial charge on any atom is -0.231 e. The van der Waals surface area contributed by atoms with Gasteiger partial charge in [-0.3, -0.25) is 0 Å². The van der Waals surface area contributed by atoms with E-state index in [0.717, 1.165) is 14.8 Å². The molecule has 0 fully saturated rings. The van der Waals surface area contributed by atoms with Crippen LogP contribution in [0.3, 0.4) is 0 Å². The van der Waals surface area contributed by atoms with Gasteiger partial charge in [0.2, 0.25) is 0 Å². The van der Waals surface area contributed by atoms with Crippen molar-refractivity contribution in [3.05, 3.63) is 72.4 Å². The third-order valence-electron chi connectivity index (χ3n) is 2.67. The SMILES string of the molecule is Fc1ccc(Sc2ccnc(Sc3ccc(F)cc3)n2)cc1. The Bertz CT molecular complexity index is 699. The molecule has 22 heavy (non-hydrogen) atoms. The number of benzene rings is 2. The van der Waals surface area contributed by atoms with Crippen LogP contribution in [-0.4, -0.2) is 9.97 Å². The Morgan fingerprint density at radius 2 is 1.23 bits per heavy atom. The molecule has 0 saturated heterocycles. The number of hydrogen-bond acceptors (Lipinski definition) is 4. The zero-order valence-electron chi connectivity index (χ0n) is 11.2. The standard InChI is InChI=1S/C16H10F2N2S2/c17-11-1-5-13(6-2-11)21-15-9-10-19-16(20-15)22-14-7-3-12(18)4-8-14/h1-10H. The van der Waals surface area contributed by atoms with E-state index in [2.05, 4.69) is 9.97 Å². The fraction of sp³-hybridized carbons (Fsp3) is 0. The van der Waals surface area contributed by atoms with Crippen molar-refractivity contribution in [1.29, 1.82) is 0 Å². The highest BCUT2D eigenvalue weighted by atomic mass is 32.2. The van der Waals surface area contributed by atoms with E-state index in [1.165, 1.54) is 47.8 Å². The molecule has 3 aromatic rings. The second kappa shape index (κ2) is 6.89. The minimum atomic E-state index is -0.272. The normalized spacial score (nSPS) is 10.6. The number of aromatic nitrogens is 2. The highest BCUT2D eigenvalue weighted by molar-refractivity contribution is 7.99. The Morgan fingerprint density at radius 1 is 0.682 bits per heavy atom. The van der Waals surface area contributed by atoms with Crippen LogP contribution in [0.5, 0.6) is 0 Å². The van der Waals surface area contributed by atoms with E-state index in [9.17, 15) is 8.78 Å². The topological polar surface area (TPSA) is 25.8 Å². The van der Waals surface area contributed by atoms with Gasteiger partial charge in [0.15, 0.2) is 5.16 Å². The molecule has 1 aromatic heterocycles. The lowest BCUT2D eigenvalue weighted by Crippen LogP contribution is -1.88. The van der Waals surface area contributed by atoms with Crippen LogP contribution in [0, 0.1) is 11.6 Å². The molecule has 0 aliphatic rings. The Labute approximate surface area is 135 Å². The van der Waals surface area contributed by atoms with E-state index >= 15 is 0 Å². The first-order valence-corrected chi connectivity index (χ1v) is 8.02. The molecule has 0 aliphatic heterocycles. The molecule has 0 bridgehead atoms. The van der Waals surface area contributed by atoms with Gasteiger partial charge in [-0.2, -0.15) is 0 Å². The summed E-state index contributed by atoms with van der Waals surface area (Å²) in [5, 5.41) is 1.35. The van der Waals surface area contributed by atoms with Crippen molar-refractivity contribution in [1.82, 2.24) is 9.97 Å². The lowest BCUT2D eigenvalue weighted by atomic mass is 10.4. The summed E-state index contributed by atoms with van der Waals surface area (Å²) in [6, 6.07) is 14.2. The maximum absolute atomic E-state index is 12.9. The fourth-order valence-electron chi connectivity index (χ4n) is 1.66. The summed E-state index contributed by atoms with van der Waals surface area (Å²) in [5.74, 6) is -0.537. The molecule has 2 aromatic carbocycles. The monoisotopic (exact) mass is 332 g/mol. The number of rotatable bonds is 4. The van der Waals surface area contributed by atoms with Gasteiger partial charge in [0.05, 0.1) is 0 Å². The third-order valence-corrected chi connectivity index (χ3v) is 4.50. The summed E-state index contributed by atoms with van der Waals surface area (Å²) in [7, 11) is 0. The second-order valence-corrected chi connectivity index (χ2v) is 6.42. The summed E-state index contributed by atoms with van der Waals surface area (Å²) in [6.07, 6.45) is 1.67. The molecule has 6 heteroatoms. The Kier molecular flexibility index (Phi) is 4.70. The van der Waals surface area contributed by atoms with Gasteiger partial charge in [-0.15, -0.1) is 0 Å². The first-order chi connectivity index (χ1) is 10.7. The first-order valence-electron chi connectivity index (χ1n) is 6.39. The van der Waals surface area contributed by atoms with Gasteiger partial charge >= 0.3 is 0 Å². The van der Waals surface area contributed by atoms with Crippen molar-refractivity contribution in [3.8, 4) is 0 Å². The van der Waals surface area contributed by atoms with Crippen molar-refractivity contribution in [2.45, 2.75) is 20.0 Å². The van der Waals surface area contributed by atoms with Gasteiger partial charge in [0, 0.05) is 16.0 Å². The van der Waals surface area contributed by atoms with Crippen LogP contribution in [0.15, 0.2) is 80.8 Å². The molecule has 0 atom stereocenters. The quantitative estimate of drug-likeness (QED) is 0.493. The van der Waals surface area contributed by atoms with Crippen LogP contribution in [0.2, 0.25) is 0 Å². The lowest BCUT2D eigenvalue weighted by Gasteiger charge is -2.03. The maximum Gasteiger partial charge on any atom is 0.193 e. The highest BCUT2D eigenvalue weighted by Crippen LogP contribution is 2.29. The molecule has 0 N–H and O–H groups in total. The van der Waals surface area contributed by atoms with Crippen LogP contribution in [-0.2, 0) is 0 Å². The predicted octanol–water partition coefficient (Wildman–Crippen LogP) is 5.06. The van der Waals surface area contributed by atoms with E-state index < -0.39 is 0 Å². The Balaban J connectivity index is 1.74. The highest BCUT2D eigenvalue weighted by Gasteiger charge is 2.04. The molecule has 1 heterocycles. The number of nitrogens with zero attached hydrogens (tertiary/aromatic N) is 2. The summed E-state index contributed by atoms with van der Waals surface area (Å²) < 4.78 is 25.8. The van der Waals surface area contributed by atoms with E-state index in [1.807, 2.05) is 0 Å². The van der Waals surface area contributed by atoms with Crippen molar-refractivity contribution in [3.63, 3.8) is 0 Å². The van der Waals surface area contributed by atoms with Gasteiger partial charge < -0.3 is 0 Å². The average molecular weight is 332 g/mol. The van der Waals surface area contributed by atoms with Gasteiger partial charge in [0.25, 0.3) is 0 Å². The first kappa shape index (κ1) is 15.0. The van der Waals surface area contributed by atoms with Gasteiger partial charge in [0.1, 0.15) is 16.7 Å². The maximum atomic E-state index is 12.9. The zero-order valence-corrected chi connectivity index (χ0v) is 12.9. The summed E-state index contributed by atoms with van der Waals surface area (Å²) in [6.45, 7) is 0. The van der Waals surface area contributed by atoms with E-state index in [1.54, 1.807) is 36.5 Å². The number of halogens is 2. The molecule has 110 valence electrons. The molecule has 0 aliphatic carbocycles. The molecular weight excluding hydrogens is 322 g/mol. The van der Waals surface area contributed by atoms with Crippen LogP contribution in [0.4, 0.5) is 8.78 Å². The molecular formula is C16H10F2N2S2. The Morgan fingerprint density at radius 3 is 1.82 bits per heavy atom. The van der Waals surface area contributed by atoms with Crippen molar-refractivity contribution in [2.24, 2.45) is 0 Å². The lowest BCUT2D eigenvalue weighted by molar-refractivity contribution is 0.626. The van der Waals surface area contributed by atoms with Gasteiger partial charge in [-0.05, 0) is 66.4 Å². The van der Waals surface area contributed by atoms with E-state index in [4.69, 9.17) is 0 Å². The molecule has 3 rings (SSSR count). The van der Waals surface area contributed by atoms with Crippen LogP contribution in [0.25, 0.3) is 0 Å². The number of hydrogen-bond donors (Lipinski definition) is 0. The fourth-order valence-corrected chi connectivity index (χ4v) is 3.24. The molecule has 0 saturated carbocycles. The molecule has 2 nitrogen and oxygen atoms in total. The van der Waals surface area contributed by atoms with Gasteiger partial charge in [-0.25, -0.2) is 18.7 Å². The average Bonchev–Trinajstić information content (AvgIpc) is 2.52. The van der Waals surface area contributed by atoms with Crippen molar-refractivity contribution in [2.75, 3.05) is 0 Å². The van der Waals surface area contributed by atoms with Gasteiger partial charge in [-0.1, -0.05) is 11.8 Å². The Hall–Kier alpha value is -1.92. The van der Waals surface area contributed by atoms with Crippen LogP contribution >= 0.6 is 23.5 Å². The molecule has 0 radical (unpaired) electrons. The van der Waals surface area contributed by atoms with E-state index in [0.29, 0.717) is 5.16 Å². The molecule has 0 spiro atoms. The third kappa shape index (κ3) is 4.05.